The highest BCUT2D eigenvalue weighted by Gasteiger charge is 2.47. The predicted molar refractivity (Wildman–Crippen MR) is 146 cm³/mol. The molecule has 5 rings (SSSR count). The fourth-order valence-corrected chi connectivity index (χ4v) is 5.93. The van der Waals surface area contributed by atoms with Crippen LogP contribution in [0.1, 0.15) is 73.0 Å². The van der Waals surface area contributed by atoms with E-state index in [4.69, 9.17) is 4.98 Å². The van der Waals surface area contributed by atoms with Crippen LogP contribution in [0.2, 0.25) is 0 Å². The quantitative estimate of drug-likeness (QED) is 0.203. The van der Waals surface area contributed by atoms with Crippen LogP contribution < -0.4 is 0 Å². The van der Waals surface area contributed by atoms with Gasteiger partial charge in [0.15, 0.2) is 0 Å². The Morgan fingerprint density at radius 1 is 0.706 bits per heavy atom. The molecule has 0 aliphatic heterocycles. The molecule has 172 valence electrons. The van der Waals surface area contributed by atoms with Crippen molar-refractivity contribution < 1.29 is 0 Å². The van der Waals surface area contributed by atoms with Crippen molar-refractivity contribution in [2.45, 2.75) is 57.8 Å². The first-order valence-electron chi connectivity index (χ1n) is 12.6. The van der Waals surface area contributed by atoms with Crippen molar-refractivity contribution >= 4 is 15.9 Å². The minimum atomic E-state index is -0.430. The van der Waals surface area contributed by atoms with Crippen molar-refractivity contribution in [1.29, 1.82) is 0 Å². The molecule has 0 bridgehead atoms. The van der Waals surface area contributed by atoms with Gasteiger partial charge in [-0.3, -0.25) is 4.98 Å². The van der Waals surface area contributed by atoms with E-state index in [1.54, 1.807) is 0 Å². The van der Waals surface area contributed by atoms with Gasteiger partial charge in [0, 0.05) is 10.7 Å². The van der Waals surface area contributed by atoms with Crippen LogP contribution in [-0.4, -0.2) is 4.98 Å². The molecule has 1 heterocycles. The van der Waals surface area contributed by atoms with E-state index in [0.717, 1.165) is 23.0 Å². The van der Waals surface area contributed by atoms with Crippen LogP contribution in [0.15, 0.2) is 89.5 Å². The maximum atomic E-state index is 5.01. The minimum absolute atomic E-state index is 0.430. The number of fused-ring (bicyclic) bond motifs is 3. The number of aromatic nitrogens is 1. The second-order valence-electron chi connectivity index (χ2n) is 9.44. The second kappa shape index (κ2) is 9.88. The van der Waals surface area contributed by atoms with Crippen LogP contribution >= 0.6 is 15.9 Å². The number of halogens is 1. The fourth-order valence-electron chi connectivity index (χ4n) is 5.53. The number of benzene rings is 3. The third-order valence-corrected chi connectivity index (χ3v) is 7.70. The van der Waals surface area contributed by atoms with Gasteiger partial charge < -0.3 is 0 Å². The Hall–Kier alpha value is -2.71. The number of rotatable bonds is 8. The number of aryl methyl sites for hydroxylation is 2. The molecule has 0 N–H and O–H groups in total. The molecule has 34 heavy (non-hydrogen) atoms. The van der Waals surface area contributed by atoms with E-state index in [-0.39, 0.29) is 0 Å². The fraction of sp³-hybridized carbons (Fsp3) is 0.281. The SMILES string of the molecule is CCCCc1ccc2c(c1)C(c1cccc(Br)c1)(c1ccccn1)c1cc(CCCC)ccc1-2. The van der Waals surface area contributed by atoms with E-state index >= 15 is 0 Å². The topological polar surface area (TPSA) is 12.9 Å². The minimum Gasteiger partial charge on any atom is -0.260 e. The molecule has 0 unspecified atom stereocenters. The Bertz CT molecular complexity index is 1230. The van der Waals surface area contributed by atoms with E-state index in [1.807, 2.05) is 12.3 Å². The van der Waals surface area contributed by atoms with Gasteiger partial charge >= 0.3 is 0 Å². The maximum absolute atomic E-state index is 5.01. The molecule has 1 aromatic heterocycles. The zero-order valence-corrected chi connectivity index (χ0v) is 21.7. The van der Waals surface area contributed by atoms with E-state index < -0.39 is 5.41 Å². The highest BCUT2D eigenvalue weighted by atomic mass is 79.9. The third-order valence-electron chi connectivity index (χ3n) is 7.21. The zero-order chi connectivity index (χ0) is 23.5. The average molecular weight is 511 g/mol. The summed E-state index contributed by atoms with van der Waals surface area (Å²) in [6.07, 6.45) is 8.98. The molecule has 1 aliphatic carbocycles. The summed E-state index contributed by atoms with van der Waals surface area (Å²) in [7, 11) is 0. The summed E-state index contributed by atoms with van der Waals surface area (Å²) < 4.78 is 1.10. The molecule has 0 saturated carbocycles. The maximum Gasteiger partial charge on any atom is 0.0886 e. The van der Waals surface area contributed by atoms with Gasteiger partial charge in [0.25, 0.3) is 0 Å². The Kier molecular flexibility index (Phi) is 6.70. The Labute approximate surface area is 212 Å². The van der Waals surface area contributed by atoms with E-state index in [2.05, 4.69) is 103 Å². The molecule has 1 aliphatic rings. The summed E-state index contributed by atoms with van der Waals surface area (Å²) in [6, 6.07) is 29.5. The molecule has 4 aromatic rings. The van der Waals surface area contributed by atoms with E-state index in [0.29, 0.717) is 0 Å². The van der Waals surface area contributed by atoms with Crippen molar-refractivity contribution in [1.82, 2.24) is 4.98 Å². The van der Waals surface area contributed by atoms with Crippen molar-refractivity contribution in [2.75, 3.05) is 0 Å². The normalized spacial score (nSPS) is 13.5. The lowest BCUT2D eigenvalue weighted by Gasteiger charge is -2.33. The van der Waals surface area contributed by atoms with Crippen molar-refractivity contribution in [3.63, 3.8) is 0 Å². The highest BCUT2D eigenvalue weighted by molar-refractivity contribution is 9.10. The van der Waals surface area contributed by atoms with Gasteiger partial charge in [-0.1, -0.05) is 97.2 Å². The summed E-state index contributed by atoms with van der Waals surface area (Å²) in [5.74, 6) is 0. The number of hydrogen-bond acceptors (Lipinski definition) is 1. The first-order chi connectivity index (χ1) is 16.7. The molecular weight excluding hydrogens is 478 g/mol. The van der Waals surface area contributed by atoms with Crippen molar-refractivity contribution in [2.24, 2.45) is 0 Å². The van der Waals surface area contributed by atoms with Crippen molar-refractivity contribution in [3.8, 4) is 11.1 Å². The summed E-state index contributed by atoms with van der Waals surface area (Å²) in [6.45, 7) is 4.53. The van der Waals surface area contributed by atoms with Gasteiger partial charge in [0.2, 0.25) is 0 Å². The van der Waals surface area contributed by atoms with Gasteiger partial charge in [0.05, 0.1) is 11.1 Å². The van der Waals surface area contributed by atoms with Gasteiger partial charge in [-0.2, -0.15) is 0 Å². The van der Waals surface area contributed by atoms with Crippen LogP contribution in [0.5, 0.6) is 0 Å². The summed E-state index contributed by atoms with van der Waals surface area (Å²) in [5.41, 5.74) is 10.1. The number of nitrogens with zero attached hydrogens (tertiary/aromatic N) is 1. The number of unbranched alkanes of at least 4 members (excludes halogenated alkanes) is 2. The van der Waals surface area contributed by atoms with E-state index in [1.165, 1.54) is 64.6 Å². The number of hydrogen-bond donors (Lipinski definition) is 0. The van der Waals surface area contributed by atoms with Crippen molar-refractivity contribution in [3.05, 3.63) is 123 Å². The Morgan fingerprint density at radius 3 is 1.88 bits per heavy atom. The molecular formula is C32H32BrN. The average Bonchev–Trinajstić information content (AvgIpc) is 3.16. The van der Waals surface area contributed by atoms with Crippen LogP contribution in [-0.2, 0) is 18.3 Å². The Morgan fingerprint density at radius 2 is 1.35 bits per heavy atom. The van der Waals surface area contributed by atoms with Gasteiger partial charge in [-0.05, 0) is 88.9 Å². The zero-order valence-electron chi connectivity index (χ0n) is 20.2. The molecule has 0 spiro atoms. The lowest BCUT2D eigenvalue weighted by atomic mass is 9.69. The van der Waals surface area contributed by atoms with Crippen LogP contribution in [0.4, 0.5) is 0 Å². The molecule has 0 atom stereocenters. The molecule has 0 fully saturated rings. The largest absolute Gasteiger partial charge is 0.260 e. The number of pyridine rings is 1. The first kappa shape index (κ1) is 23.1. The Balaban J connectivity index is 1.85. The molecule has 0 amide bonds. The van der Waals surface area contributed by atoms with Gasteiger partial charge in [-0.15, -0.1) is 0 Å². The molecule has 2 heteroatoms. The van der Waals surface area contributed by atoms with E-state index in [9.17, 15) is 0 Å². The lowest BCUT2D eigenvalue weighted by Crippen LogP contribution is -2.30. The molecule has 0 radical (unpaired) electrons. The van der Waals surface area contributed by atoms with Gasteiger partial charge in [-0.25, -0.2) is 0 Å². The van der Waals surface area contributed by atoms with Gasteiger partial charge in [0.1, 0.15) is 0 Å². The molecule has 0 saturated heterocycles. The predicted octanol–water partition coefficient (Wildman–Crippen LogP) is 8.89. The summed E-state index contributed by atoms with van der Waals surface area (Å²) in [5, 5.41) is 0. The summed E-state index contributed by atoms with van der Waals surface area (Å²) >= 11 is 3.76. The summed E-state index contributed by atoms with van der Waals surface area (Å²) in [4.78, 5) is 5.01. The molecule has 1 nitrogen and oxygen atoms in total. The lowest BCUT2D eigenvalue weighted by molar-refractivity contribution is 0.725. The van der Waals surface area contributed by atoms with Crippen LogP contribution in [0, 0.1) is 0 Å². The first-order valence-corrected chi connectivity index (χ1v) is 13.4. The monoisotopic (exact) mass is 509 g/mol. The highest BCUT2D eigenvalue weighted by Crippen LogP contribution is 2.56. The molecule has 3 aromatic carbocycles. The van der Waals surface area contributed by atoms with Crippen LogP contribution in [0.25, 0.3) is 11.1 Å². The second-order valence-corrected chi connectivity index (χ2v) is 10.4. The standard InChI is InChI=1S/C32H32BrN/c1-3-5-10-23-15-17-27-28-18-16-24(11-6-4-2)21-30(28)32(29(27)20-23,31-14-7-8-19-34-31)25-12-9-13-26(33)22-25/h7-9,12-22H,3-6,10-11H2,1-2H3. The van der Waals surface area contributed by atoms with Crippen LogP contribution in [0.3, 0.4) is 0 Å². The third kappa shape index (κ3) is 3.92. The smallest absolute Gasteiger partial charge is 0.0886 e.